The van der Waals surface area contributed by atoms with Crippen LogP contribution in [0.15, 0.2) is 31.0 Å². The Balaban J connectivity index is 0.000000541. The minimum absolute atomic E-state index is 0.118. The predicted octanol–water partition coefficient (Wildman–Crippen LogP) is 4.30. The summed E-state index contributed by atoms with van der Waals surface area (Å²) >= 11 is 5.07. The van der Waals surface area contributed by atoms with Gasteiger partial charge in [-0.05, 0) is 30.9 Å². The first-order valence-corrected chi connectivity index (χ1v) is 7.64. The summed E-state index contributed by atoms with van der Waals surface area (Å²) < 4.78 is 0. The average Bonchev–Trinajstić information content (AvgIpc) is 2.86. The number of aryl methyl sites for hydroxylation is 2. The Hall–Kier alpha value is -1.81. The van der Waals surface area contributed by atoms with Crippen LogP contribution >= 0.6 is 11.6 Å². The van der Waals surface area contributed by atoms with Crippen molar-refractivity contribution in [3.63, 3.8) is 0 Å². The molecule has 22 heavy (non-hydrogen) atoms. The molecule has 0 radical (unpaired) electrons. The third kappa shape index (κ3) is 4.60. The molecule has 1 N–H and O–H groups in total. The number of hydrogen-bond acceptors (Lipinski definition) is 3. The largest absolute Gasteiger partial charge is 0.505 e. The molecule has 0 aliphatic rings. The number of hydrogen-bond donors (Lipinski definition) is 1. The lowest BCUT2D eigenvalue weighted by Crippen LogP contribution is -2.13. The topological polar surface area (TPSA) is 50.9 Å². The van der Waals surface area contributed by atoms with E-state index in [0.717, 1.165) is 16.8 Å². The van der Waals surface area contributed by atoms with Crippen LogP contribution < -0.4 is 0 Å². The van der Waals surface area contributed by atoms with Gasteiger partial charge >= 0.3 is 0 Å². The normalized spacial score (nSPS) is 10.8. The van der Waals surface area contributed by atoms with Crippen molar-refractivity contribution in [2.75, 3.05) is 5.88 Å². The van der Waals surface area contributed by atoms with Gasteiger partial charge in [0.15, 0.2) is 0 Å². The van der Waals surface area contributed by atoms with E-state index in [9.17, 15) is 5.11 Å². The number of aromatic hydroxyl groups is 1. The lowest BCUT2D eigenvalue weighted by molar-refractivity contribution is 0.440. The van der Waals surface area contributed by atoms with Gasteiger partial charge in [-0.2, -0.15) is 10.2 Å². The van der Waals surface area contributed by atoms with Crippen LogP contribution in [0.4, 0.5) is 0 Å². The maximum absolute atomic E-state index is 10.4. The summed E-state index contributed by atoms with van der Waals surface area (Å²) in [5, 5.41) is 18.8. The molecule has 0 amide bonds. The summed E-state index contributed by atoms with van der Waals surface area (Å²) in [5.74, 6) is 0.809. The van der Waals surface area contributed by atoms with Crippen molar-refractivity contribution in [2.24, 2.45) is 0 Å². The van der Waals surface area contributed by atoms with Crippen LogP contribution in [0.1, 0.15) is 37.6 Å². The van der Waals surface area contributed by atoms with Crippen LogP contribution in [-0.2, 0) is 5.41 Å². The van der Waals surface area contributed by atoms with E-state index in [1.54, 1.807) is 12.3 Å². The van der Waals surface area contributed by atoms with Crippen molar-refractivity contribution in [3.8, 4) is 11.4 Å². The lowest BCUT2D eigenvalue weighted by atomic mass is 9.85. The Kier molecular flexibility index (Phi) is 6.18. The predicted molar refractivity (Wildman–Crippen MR) is 92.1 cm³/mol. The fourth-order valence-corrected chi connectivity index (χ4v) is 1.94. The highest BCUT2D eigenvalue weighted by molar-refractivity contribution is 6.18. The molecular formula is C17H24ClN3O. The van der Waals surface area contributed by atoms with Gasteiger partial charge in [0.25, 0.3) is 0 Å². The van der Waals surface area contributed by atoms with Gasteiger partial charge in [0.2, 0.25) is 0 Å². The quantitative estimate of drug-likeness (QED) is 0.662. The number of allylic oxidation sites excluding steroid dienone is 1. The number of aromatic nitrogens is 3. The monoisotopic (exact) mass is 321 g/mol. The first-order valence-electron chi connectivity index (χ1n) is 7.11. The van der Waals surface area contributed by atoms with Crippen LogP contribution in [0.25, 0.3) is 5.69 Å². The smallest absolute Gasteiger partial charge is 0.146 e. The lowest BCUT2D eigenvalue weighted by Gasteiger charge is -2.22. The number of phenols is 1. The minimum Gasteiger partial charge on any atom is -0.505 e. The molecule has 5 heteroatoms. The second kappa shape index (κ2) is 7.45. The third-order valence-electron chi connectivity index (χ3n) is 2.97. The molecule has 0 fully saturated rings. The summed E-state index contributed by atoms with van der Waals surface area (Å²) in [6.45, 7) is 13.5. The van der Waals surface area contributed by atoms with Gasteiger partial charge in [-0.25, -0.2) is 0 Å². The summed E-state index contributed by atoms with van der Waals surface area (Å²) in [6, 6.07) is 3.90. The number of phenolic OH excluding ortho intramolecular Hbond substituents is 1. The summed E-state index contributed by atoms with van der Waals surface area (Å²) in [6.07, 6.45) is 3.32. The first kappa shape index (κ1) is 18.2. The van der Waals surface area contributed by atoms with E-state index < -0.39 is 0 Å². The SMILES string of the molecule is C=CCCl.Cc1cc(-n2ncc(C)n2)c(O)c(C(C)(C)C)c1. The van der Waals surface area contributed by atoms with Crippen molar-refractivity contribution in [1.82, 2.24) is 15.0 Å². The molecule has 0 atom stereocenters. The Morgan fingerprint density at radius 3 is 2.32 bits per heavy atom. The van der Waals surface area contributed by atoms with Gasteiger partial charge in [-0.3, -0.25) is 0 Å². The fraction of sp³-hybridized carbons (Fsp3) is 0.412. The van der Waals surface area contributed by atoms with Crippen LogP contribution in [0, 0.1) is 13.8 Å². The number of rotatable bonds is 2. The first-order chi connectivity index (χ1) is 10.2. The zero-order valence-electron chi connectivity index (χ0n) is 13.9. The van der Waals surface area contributed by atoms with E-state index in [1.807, 2.05) is 26.0 Å². The molecule has 2 rings (SSSR count). The van der Waals surface area contributed by atoms with E-state index >= 15 is 0 Å². The Bertz CT molecular complexity index is 642. The summed E-state index contributed by atoms with van der Waals surface area (Å²) in [4.78, 5) is 1.48. The van der Waals surface area contributed by atoms with Crippen molar-refractivity contribution < 1.29 is 5.11 Å². The van der Waals surface area contributed by atoms with E-state index in [-0.39, 0.29) is 11.2 Å². The van der Waals surface area contributed by atoms with Gasteiger partial charge in [-0.15, -0.1) is 23.0 Å². The Labute approximate surface area is 137 Å². The molecule has 1 aromatic carbocycles. The molecule has 120 valence electrons. The molecule has 0 aliphatic heterocycles. The maximum atomic E-state index is 10.4. The molecule has 0 saturated heterocycles. The van der Waals surface area contributed by atoms with Crippen molar-refractivity contribution in [1.29, 1.82) is 0 Å². The van der Waals surface area contributed by atoms with Gasteiger partial charge in [0.1, 0.15) is 11.4 Å². The molecule has 1 heterocycles. The molecule has 0 unspecified atom stereocenters. The van der Waals surface area contributed by atoms with Gasteiger partial charge in [0.05, 0.1) is 11.9 Å². The van der Waals surface area contributed by atoms with Crippen molar-refractivity contribution >= 4 is 11.6 Å². The second-order valence-corrected chi connectivity index (χ2v) is 6.46. The third-order valence-corrected chi connectivity index (χ3v) is 3.19. The molecule has 0 aliphatic carbocycles. The zero-order chi connectivity index (χ0) is 16.9. The summed E-state index contributed by atoms with van der Waals surface area (Å²) in [5.41, 5.74) is 3.34. The van der Waals surface area contributed by atoms with Crippen molar-refractivity contribution in [3.05, 3.63) is 47.8 Å². The average molecular weight is 322 g/mol. The highest BCUT2D eigenvalue weighted by Gasteiger charge is 2.22. The van der Waals surface area contributed by atoms with Gasteiger partial charge in [0, 0.05) is 11.4 Å². The molecule has 0 spiro atoms. The molecule has 0 saturated carbocycles. The van der Waals surface area contributed by atoms with Crippen LogP contribution in [-0.4, -0.2) is 26.0 Å². The minimum atomic E-state index is -0.118. The molecular weight excluding hydrogens is 298 g/mol. The maximum Gasteiger partial charge on any atom is 0.146 e. The van der Waals surface area contributed by atoms with Crippen LogP contribution in [0.2, 0.25) is 0 Å². The zero-order valence-corrected chi connectivity index (χ0v) is 14.6. The molecule has 0 bridgehead atoms. The van der Waals surface area contributed by atoms with Crippen LogP contribution in [0.5, 0.6) is 5.75 Å². The molecule has 2 aromatic rings. The molecule has 4 nitrogen and oxygen atoms in total. The van der Waals surface area contributed by atoms with E-state index in [0.29, 0.717) is 11.6 Å². The van der Waals surface area contributed by atoms with Crippen molar-refractivity contribution in [2.45, 2.75) is 40.0 Å². The standard InChI is InChI=1S/C14H19N3O.C3H5Cl/c1-9-6-11(14(3,4)5)13(18)12(7-9)17-15-8-10(2)16-17;1-2-3-4/h6-8,18H,1-5H3;2H,1,3H2. The number of nitrogens with zero attached hydrogens (tertiary/aromatic N) is 3. The number of halogens is 1. The number of benzene rings is 1. The molecule has 1 aromatic heterocycles. The number of alkyl halides is 1. The van der Waals surface area contributed by atoms with E-state index in [1.165, 1.54) is 4.80 Å². The Morgan fingerprint density at radius 1 is 1.32 bits per heavy atom. The van der Waals surface area contributed by atoms with E-state index in [4.69, 9.17) is 11.6 Å². The highest BCUT2D eigenvalue weighted by Crippen LogP contribution is 2.35. The highest BCUT2D eigenvalue weighted by atomic mass is 35.5. The van der Waals surface area contributed by atoms with E-state index in [2.05, 4.69) is 37.5 Å². The Morgan fingerprint density at radius 2 is 1.91 bits per heavy atom. The second-order valence-electron chi connectivity index (χ2n) is 6.15. The fourth-order valence-electron chi connectivity index (χ4n) is 1.94. The summed E-state index contributed by atoms with van der Waals surface area (Å²) in [7, 11) is 0. The van der Waals surface area contributed by atoms with Gasteiger partial charge in [-0.1, -0.05) is 32.9 Å². The van der Waals surface area contributed by atoms with Gasteiger partial charge < -0.3 is 5.11 Å². The van der Waals surface area contributed by atoms with Crippen LogP contribution in [0.3, 0.4) is 0 Å².